The van der Waals surface area contributed by atoms with Crippen molar-refractivity contribution in [3.63, 3.8) is 0 Å². The summed E-state index contributed by atoms with van der Waals surface area (Å²) in [4.78, 5) is 70.5. The number of Topliss-reactive ketones (excluding diaryl/α,β-unsaturated/α-hetero) is 1. The number of nitrogens with two attached hydrogens (primary N) is 2. The third-order valence-electron chi connectivity index (χ3n) is 22.9. The number of amides is 1. The van der Waals surface area contributed by atoms with Crippen LogP contribution in [0, 0.1) is 37.0 Å². The fourth-order valence-corrected chi connectivity index (χ4v) is 18.2. The van der Waals surface area contributed by atoms with Gasteiger partial charge in [-0.2, -0.15) is 0 Å². The van der Waals surface area contributed by atoms with Crippen molar-refractivity contribution in [2.45, 2.75) is 132 Å². The number of ketones is 1. The van der Waals surface area contributed by atoms with E-state index in [9.17, 15) is 40.2 Å². The summed E-state index contributed by atoms with van der Waals surface area (Å²) in [7, 11) is 3.63. The minimum atomic E-state index is -1.20. The highest BCUT2D eigenvalue weighted by molar-refractivity contribution is 9.11. The van der Waals surface area contributed by atoms with Crippen molar-refractivity contribution in [3.8, 4) is 0 Å². The van der Waals surface area contributed by atoms with Gasteiger partial charge in [0.2, 0.25) is 5.91 Å². The lowest BCUT2D eigenvalue weighted by Crippen LogP contribution is -2.42. The number of aromatic nitrogens is 13. The first-order chi connectivity index (χ1) is 48.5. The molecule has 10 N–H and O–H groups in total. The largest absolute Gasteiger partial charge is 0.390 e. The fourth-order valence-electron chi connectivity index (χ4n) is 17.5. The maximum atomic E-state index is 14.0. The molecule has 0 radical (unpaired) electrons. The molecule has 3 aliphatic heterocycles. The Kier molecular flexibility index (Phi) is 16.5. The van der Waals surface area contributed by atoms with Crippen LogP contribution in [0.15, 0.2) is 144 Å². The van der Waals surface area contributed by atoms with Gasteiger partial charge in [0, 0.05) is 83.1 Å². The Balaban J connectivity index is 0.000000118. The van der Waals surface area contributed by atoms with Gasteiger partial charge in [-0.1, -0.05) is 24.3 Å². The number of pyridine rings is 3. The first kappa shape index (κ1) is 66.7. The van der Waals surface area contributed by atoms with Gasteiger partial charge in [-0.15, -0.1) is 0 Å². The number of likely N-dealkylation sites (tertiary alicyclic amines) is 2. The summed E-state index contributed by atoms with van der Waals surface area (Å²) in [5, 5.41) is 71.4. The maximum absolute atomic E-state index is 14.0. The molecular weight excluding hydrogens is 1420 g/mol. The second-order valence-electron chi connectivity index (χ2n) is 28.6. The molecule has 6 fully saturated rings. The Morgan fingerprint density at radius 2 is 1.06 bits per heavy atom. The van der Waals surface area contributed by atoms with Crippen LogP contribution >= 0.6 is 31.9 Å². The van der Waals surface area contributed by atoms with Crippen LogP contribution in [0.4, 0.5) is 11.6 Å². The van der Waals surface area contributed by atoms with Gasteiger partial charge in [-0.3, -0.25) is 14.5 Å². The van der Waals surface area contributed by atoms with Crippen molar-refractivity contribution in [1.29, 1.82) is 0 Å². The van der Waals surface area contributed by atoms with Crippen molar-refractivity contribution < 1.29 is 45.0 Å². The van der Waals surface area contributed by atoms with E-state index in [-0.39, 0.29) is 29.9 Å². The molecule has 12 aromatic rings. The SMILES string of the molecule is Cc1ncnc2c1ccn2C1CC2(CC(c3ccc4cc(Br)c(N)nc4c3)N(C)C2=O)C(O)C1O.Cc1ncnc2c1ccn2C1CC2(CN(C)C(c3ccc4cc(Br)c(N)nc4c3)C2=O)C(O)C1O.Cc1ncnc2c1ccn2C1CC2(COC(Cc3ccn4ccnc4c3)C2)C(O)C1O. The summed E-state index contributed by atoms with van der Waals surface area (Å²) in [5.74, 6) is 0.521. The number of carbonyl (C=O) groups excluding carboxylic acids is 2. The Hall–Kier alpha value is -8.81. The molecule has 18 rings (SSSR count). The van der Waals surface area contributed by atoms with Gasteiger partial charge in [0.25, 0.3) is 0 Å². The Labute approximate surface area is 595 Å². The number of rotatable bonds is 7. The lowest BCUT2D eigenvalue weighted by Gasteiger charge is -2.26. The molecule has 520 valence electrons. The van der Waals surface area contributed by atoms with E-state index in [1.54, 1.807) is 24.5 Å². The molecule has 26 nitrogen and oxygen atoms in total. The van der Waals surface area contributed by atoms with Gasteiger partial charge in [0.1, 0.15) is 71.5 Å². The third-order valence-corrected chi connectivity index (χ3v) is 24.1. The molecule has 10 aromatic heterocycles. The van der Waals surface area contributed by atoms with Crippen molar-refractivity contribution in [3.05, 3.63) is 178 Å². The molecule has 28 heteroatoms. The van der Waals surface area contributed by atoms with Crippen LogP contribution in [-0.4, -0.2) is 185 Å². The van der Waals surface area contributed by atoms with E-state index >= 15 is 0 Å². The summed E-state index contributed by atoms with van der Waals surface area (Å²) < 4.78 is 15.3. The zero-order chi connectivity index (χ0) is 70.5. The van der Waals surface area contributed by atoms with E-state index in [4.69, 9.17) is 16.2 Å². The number of carbonyl (C=O) groups is 2. The number of fused-ring (bicyclic) bond motifs is 6. The second-order valence-corrected chi connectivity index (χ2v) is 30.3. The predicted octanol–water partition coefficient (Wildman–Crippen LogP) is 7.50. The molecule has 3 aliphatic carbocycles. The van der Waals surface area contributed by atoms with E-state index in [0.717, 1.165) is 92.9 Å². The number of benzene rings is 2. The molecule has 3 saturated carbocycles. The van der Waals surface area contributed by atoms with Gasteiger partial charge < -0.3 is 69.8 Å². The minimum Gasteiger partial charge on any atom is -0.390 e. The molecular formula is C73H75Br2N17O9. The highest BCUT2D eigenvalue weighted by atomic mass is 79.9. The average molecular weight is 1490 g/mol. The smallest absolute Gasteiger partial charge is 0.231 e. The van der Waals surface area contributed by atoms with Gasteiger partial charge in [-0.25, -0.2) is 44.9 Å². The topological polar surface area (TPSA) is 358 Å². The van der Waals surface area contributed by atoms with Crippen molar-refractivity contribution in [2.75, 3.05) is 38.7 Å². The molecule has 0 bridgehead atoms. The van der Waals surface area contributed by atoms with Crippen LogP contribution in [0.1, 0.15) is 96.1 Å². The summed E-state index contributed by atoms with van der Waals surface area (Å²) in [6, 6.07) is 23.3. The van der Waals surface area contributed by atoms with Crippen LogP contribution in [-0.2, 0) is 20.7 Å². The molecule has 1 amide bonds. The second kappa shape index (κ2) is 25.0. The number of hydrogen-bond acceptors (Lipinski definition) is 21. The number of aliphatic hydroxyl groups excluding tert-OH is 6. The quantitative estimate of drug-likeness (QED) is 0.0765. The molecule has 13 heterocycles. The lowest BCUT2D eigenvalue weighted by molar-refractivity contribution is -0.141. The van der Waals surface area contributed by atoms with Crippen molar-refractivity contribution in [2.24, 2.45) is 16.2 Å². The Morgan fingerprint density at radius 3 is 1.62 bits per heavy atom. The number of halogens is 2. The number of aliphatic hydroxyl groups is 6. The molecule has 3 saturated heterocycles. The van der Waals surface area contributed by atoms with Crippen molar-refractivity contribution >= 4 is 116 Å². The normalized spacial score (nSPS) is 29.5. The first-order valence-corrected chi connectivity index (χ1v) is 35.2. The van der Waals surface area contributed by atoms with E-state index in [1.165, 1.54) is 12.7 Å². The van der Waals surface area contributed by atoms with E-state index in [0.29, 0.717) is 73.7 Å². The number of hydrogen-bond donors (Lipinski definition) is 8. The van der Waals surface area contributed by atoms with Gasteiger partial charge >= 0.3 is 0 Å². The van der Waals surface area contributed by atoms with Gasteiger partial charge in [0.15, 0.2) is 5.78 Å². The summed E-state index contributed by atoms with van der Waals surface area (Å²) in [6.07, 6.45) is 12.7. The minimum absolute atomic E-state index is 0.00369. The summed E-state index contributed by atoms with van der Waals surface area (Å²) >= 11 is 6.81. The molecule has 15 unspecified atom stereocenters. The first-order valence-electron chi connectivity index (χ1n) is 33.7. The van der Waals surface area contributed by atoms with Crippen LogP contribution in [0.5, 0.6) is 0 Å². The van der Waals surface area contributed by atoms with Gasteiger partial charge in [0.05, 0.1) is 109 Å². The van der Waals surface area contributed by atoms with Crippen LogP contribution in [0.25, 0.3) is 60.6 Å². The summed E-state index contributed by atoms with van der Waals surface area (Å²) in [6.45, 7) is 6.55. The monoisotopic (exact) mass is 1490 g/mol. The Bertz CT molecular complexity index is 5200. The zero-order valence-corrected chi connectivity index (χ0v) is 59.0. The predicted molar refractivity (Wildman–Crippen MR) is 383 cm³/mol. The molecule has 101 heavy (non-hydrogen) atoms. The van der Waals surface area contributed by atoms with E-state index < -0.39 is 71.0 Å². The number of aryl methyl sites for hydroxylation is 3. The lowest BCUT2D eigenvalue weighted by atomic mass is 9.79. The fraction of sp³-hybridized carbons (Fsp3) is 0.384. The number of ether oxygens (including phenoxy) is 1. The molecule has 2 aromatic carbocycles. The Morgan fingerprint density at radius 1 is 0.554 bits per heavy atom. The number of likely N-dealkylation sites (N-methyl/N-ethyl adjacent to an activating group) is 1. The standard InChI is InChI=1S/2C25H25BrN6O3.C23H25N5O3/c1-12-15-5-6-32(24(15)29-11-28-12)18-9-25(22(35)20(18)33)10-31(2)19(21(25)34)14-4-3-13-7-16(26)23(27)30-17(13)8-14;1-12-15-5-6-32(23(15)29-11-28-12)19-10-25(21(34)20(19)33)9-18(31(2)24(25)35)14-4-3-13-7-16(26)22(27)30-17(13)8-14;1-14-17-3-6-28(22(17)26-13-25-14)18-11-23(21(30)20(18)29)10-16(31-12-23)8-15-2-5-27-7-4-24-19(27)9-15/h3-8,11,18-20,22,33,35H,9-10H2,1-2H3,(H2,27,30);3-8,11,18-21,33-34H,9-10H2,1-2H3,(H2,27,30);2-7,9,13,16,18,20-21,29-30H,8,10-12H2,1H3. The number of nitrogen functional groups attached to an aromatic ring is 2. The van der Waals surface area contributed by atoms with Crippen LogP contribution < -0.4 is 11.5 Å². The van der Waals surface area contributed by atoms with Gasteiger partial charge in [-0.05, 0) is 169 Å². The molecule has 6 aliphatic rings. The zero-order valence-electron chi connectivity index (χ0n) is 55.8. The van der Waals surface area contributed by atoms with E-state index in [2.05, 4.69) is 88.8 Å². The van der Waals surface area contributed by atoms with Crippen molar-refractivity contribution in [1.82, 2.24) is 72.8 Å². The van der Waals surface area contributed by atoms with Crippen LogP contribution in [0.2, 0.25) is 0 Å². The highest BCUT2D eigenvalue weighted by Crippen LogP contribution is 2.58. The molecule has 15 atom stereocenters. The number of imidazole rings is 1. The van der Waals surface area contributed by atoms with E-state index in [1.807, 2.05) is 149 Å². The molecule has 3 spiro atoms. The average Bonchev–Trinajstić information content (AvgIpc) is 1.57. The summed E-state index contributed by atoms with van der Waals surface area (Å²) in [5.41, 5.74) is 19.3. The van der Waals surface area contributed by atoms with Crippen LogP contribution in [0.3, 0.4) is 0 Å². The maximum Gasteiger partial charge on any atom is 0.231 e. The number of nitrogens with zero attached hydrogens (tertiary/aromatic N) is 15. The highest BCUT2D eigenvalue weighted by Gasteiger charge is 2.65. The third kappa shape index (κ3) is 10.8. The number of anilines is 2.